The fraction of sp³-hybridized carbons (Fsp3) is 0.462. The first-order chi connectivity index (χ1) is 7.81. The summed E-state index contributed by atoms with van der Waals surface area (Å²) in [7, 11) is 0. The van der Waals surface area contributed by atoms with E-state index in [1.165, 1.54) is 0 Å². The number of nitrogens with zero attached hydrogens (tertiary/aromatic N) is 1. The number of hydrogen-bond donors (Lipinski definition) is 1. The van der Waals surface area contributed by atoms with E-state index in [2.05, 4.69) is 6.07 Å². The molecule has 0 aliphatic carbocycles. The maximum Gasteiger partial charge on any atom is 0.0994 e. The summed E-state index contributed by atoms with van der Waals surface area (Å²) in [6, 6.07) is 9.71. The summed E-state index contributed by atoms with van der Waals surface area (Å²) >= 11 is 0. The van der Waals surface area contributed by atoms with Gasteiger partial charge in [-0.1, -0.05) is 18.2 Å². The van der Waals surface area contributed by atoms with Crippen LogP contribution in [0, 0.1) is 17.2 Å². The molecule has 2 rings (SSSR count). The van der Waals surface area contributed by atoms with Gasteiger partial charge in [0.05, 0.1) is 24.3 Å². The molecule has 0 spiro atoms. The Labute approximate surface area is 95.3 Å². The van der Waals surface area contributed by atoms with Crippen LogP contribution in [0.1, 0.15) is 17.5 Å². The van der Waals surface area contributed by atoms with Crippen LogP contribution in [0.25, 0.3) is 0 Å². The lowest BCUT2D eigenvalue weighted by Gasteiger charge is -2.27. The van der Waals surface area contributed by atoms with Crippen molar-refractivity contribution in [1.29, 1.82) is 5.26 Å². The number of rotatable bonds is 2. The van der Waals surface area contributed by atoms with Crippen molar-refractivity contribution in [3.63, 3.8) is 0 Å². The van der Waals surface area contributed by atoms with Crippen molar-refractivity contribution in [2.24, 2.45) is 5.92 Å². The predicted molar refractivity (Wildman–Crippen MR) is 59.8 cm³/mol. The number of aliphatic hydroxyl groups is 1. The van der Waals surface area contributed by atoms with E-state index in [0.717, 1.165) is 5.56 Å². The maximum atomic E-state index is 9.83. The summed E-state index contributed by atoms with van der Waals surface area (Å²) in [6.07, 6.45) is 1.10. The second kappa shape index (κ2) is 5.11. The zero-order valence-electron chi connectivity index (χ0n) is 9.10. The van der Waals surface area contributed by atoms with Crippen LogP contribution in [0.3, 0.4) is 0 Å². The van der Waals surface area contributed by atoms with Gasteiger partial charge in [-0.2, -0.15) is 5.26 Å². The molecule has 0 aromatic heterocycles. The average molecular weight is 217 g/mol. The van der Waals surface area contributed by atoms with Crippen molar-refractivity contribution >= 4 is 0 Å². The molecule has 0 radical (unpaired) electrons. The Morgan fingerprint density at radius 3 is 3.00 bits per heavy atom. The Kier molecular flexibility index (Phi) is 3.55. The molecule has 0 amide bonds. The number of ether oxygens (including phenoxy) is 1. The normalized spacial score (nSPS) is 25.0. The molecule has 2 atom stereocenters. The maximum absolute atomic E-state index is 9.83. The van der Waals surface area contributed by atoms with E-state index in [0.29, 0.717) is 31.6 Å². The van der Waals surface area contributed by atoms with Gasteiger partial charge in [0.1, 0.15) is 0 Å². The third-order valence-corrected chi connectivity index (χ3v) is 3.05. The van der Waals surface area contributed by atoms with E-state index in [4.69, 9.17) is 10.00 Å². The van der Waals surface area contributed by atoms with Gasteiger partial charge < -0.3 is 9.84 Å². The fourth-order valence-electron chi connectivity index (χ4n) is 2.07. The van der Waals surface area contributed by atoms with Crippen molar-refractivity contribution in [1.82, 2.24) is 0 Å². The highest BCUT2D eigenvalue weighted by Crippen LogP contribution is 2.21. The summed E-state index contributed by atoms with van der Waals surface area (Å²) in [6.45, 7) is 1.22. The molecule has 3 nitrogen and oxygen atoms in total. The van der Waals surface area contributed by atoms with Crippen LogP contribution < -0.4 is 0 Å². The molecular formula is C13H15NO2. The molecule has 1 aromatic carbocycles. The van der Waals surface area contributed by atoms with Gasteiger partial charge in [0.25, 0.3) is 0 Å². The third kappa shape index (κ3) is 2.41. The van der Waals surface area contributed by atoms with Crippen LogP contribution in [0.5, 0.6) is 0 Å². The Hall–Kier alpha value is -1.37. The molecule has 0 saturated carbocycles. The SMILES string of the molecule is N#Cc1ccccc1C[C@@H]1COCC[C@@H]1O. The Bertz CT molecular complexity index is 397. The number of aliphatic hydroxyl groups excluding tert-OH is 1. The highest BCUT2D eigenvalue weighted by atomic mass is 16.5. The van der Waals surface area contributed by atoms with Crippen molar-refractivity contribution in [3.8, 4) is 6.07 Å². The summed E-state index contributed by atoms with van der Waals surface area (Å²) in [5, 5.41) is 18.8. The number of benzene rings is 1. The molecular weight excluding hydrogens is 202 g/mol. The average Bonchev–Trinajstić information content (AvgIpc) is 2.33. The highest BCUT2D eigenvalue weighted by molar-refractivity contribution is 5.37. The first kappa shape index (κ1) is 11.1. The molecule has 0 unspecified atom stereocenters. The van der Waals surface area contributed by atoms with Gasteiger partial charge in [0, 0.05) is 12.5 Å². The molecule has 84 valence electrons. The lowest BCUT2D eigenvalue weighted by atomic mass is 9.90. The van der Waals surface area contributed by atoms with Crippen molar-refractivity contribution in [2.75, 3.05) is 13.2 Å². The highest BCUT2D eigenvalue weighted by Gasteiger charge is 2.24. The van der Waals surface area contributed by atoms with Crippen LogP contribution in [0.15, 0.2) is 24.3 Å². The minimum Gasteiger partial charge on any atom is -0.393 e. The van der Waals surface area contributed by atoms with Crippen molar-refractivity contribution in [2.45, 2.75) is 18.9 Å². The van der Waals surface area contributed by atoms with E-state index < -0.39 is 0 Å². The van der Waals surface area contributed by atoms with Gasteiger partial charge in [-0.15, -0.1) is 0 Å². The summed E-state index contributed by atoms with van der Waals surface area (Å²) in [5.41, 5.74) is 1.69. The second-order valence-electron chi connectivity index (χ2n) is 4.16. The molecule has 1 fully saturated rings. The summed E-state index contributed by atoms with van der Waals surface area (Å²) in [5.74, 6) is 0.114. The van der Waals surface area contributed by atoms with Gasteiger partial charge in [0.2, 0.25) is 0 Å². The van der Waals surface area contributed by atoms with Gasteiger partial charge >= 0.3 is 0 Å². The predicted octanol–water partition coefficient (Wildman–Crippen LogP) is 1.50. The lowest BCUT2D eigenvalue weighted by Crippen LogP contribution is -2.33. The van der Waals surface area contributed by atoms with Crippen LogP contribution in [-0.4, -0.2) is 24.4 Å². The minimum absolute atomic E-state index is 0.114. The molecule has 1 aliphatic rings. The lowest BCUT2D eigenvalue weighted by molar-refractivity contribution is -0.0350. The Balaban J connectivity index is 2.11. The Morgan fingerprint density at radius 1 is 1.44 bits per heavy atom. The van der Waals surface area contributed by atoms with Crippen molar-refractivity contribution in [3.05, 3.63) is 35.4 Å². The first-order valence-corrected chi connectivity index (χ1v) is 5.55. The van der Waals surface area contributed by atoms with Crippen LogP contribution in [0.4, 0.5) is 0 Å². The Morgan fingerprint density at radius 2 is 2.25 bits per heavy atom. The molecule has 1 N–H and O–H groups in total. The largest absolute Gasteiger partial charge is 0.393 e. The smallest absolute Gasteiger partial charge is 0.0994 e. The topological polar surface area (TPSA) is 53.2 Å². The van der Waals surface area contributed by atoms with Gasteiger partial charge in [-0.05, 0) is 24.5 Å². The van der Waals surface area contributed by atoms with E-state index in [1.807, 2.05) is 24.3 Å². The van der Waals surface area contributed by atoms with E-state index in [9.17, 15) is 5.11 Å². The molecule has 1 saturated heterocycles. The third-order valence-electron chi connectivity index (χ3n) is 3.05. The molecule has 16 heavy (non-hydrogen) atoms. The first-order valence-electron chi connectivity index (χ1n) is 5.55. The van der Waals surface area contributed by atoms with Crippen LogP contribution >= 0.6 is 0 Å². The van der Waals surface area contributed by atoms with Gasteiger partial charge in [0.15, 0.2) is 0 Å². The fourth-order valence-corrected chi connectivity index (χ4v) is 2.07. The van der Waals surface area contributed by atoms with Gasteiger partial charge in [-0.3, -0.25) is 0 Å². The molecule has 3 heteroatoms. The quantitative estimate of drug-likeness (QED) is 0.816. The summed E-state index contributed by atoms with van der Waals surface area (Å²) in [4.78, 5) is 0. The van der Waals surface area contributed by atoms with Crippen LogP contribution in [0.2, 0.25) is 0 Å². The van der Waals surface area contributed by atoms with Gasteiger partial charge in [-0.25, -0.2) is 0 Å². The summed E-state index contributed by atoms with van der Waals surface area (Å²) < 4.78 is 5.36. The second-order valence-corrected chi connectivity index (χ2v) is 4.16. The zero-order chi connectivity index (χ0) is 11.4. The molecule has 1 aliphatic heterocycles. The van der Waals surface area contributed by atoms with E-state index >= 15 is 0 Å². The number of hydrogen-bond acceptors (Lipinski definition) is 3. The van der Waals surface area contributed by atoms with E-state index in [1.54, 1.807) is 0 Å². The van der Waals surface area contributed by atoms with Crippen LogP contribution in [-0.2, 0) is 11.2 Å². The van der Waals surface area contributed by atoms with Crippen molar-refractivity contribution < 1.29 is 9.84 Å². The van der Waals surface area contributed by atoms with E-state index in [-0.39, 0.29) is 12.0 Å². The molecule has 1 heterocycles. The zero-order valence-corrected chi connectivity index (χ0v) is 9.10. The standard InChI is InChI=1S/C13H15NO2/c14-8-11-4-2-1-3-10(11)7-12-9-16-6-5-13(12)15/h1-4,12-13,15H,5-7,9H2/t12-,13+/m1/s1. The molecule has 1 aromatic rings. The minimum atomic E-state index is -0.305. The molecule has 0 bridgehead atoms. The monoisotopic (exact) mass is 217 g/mol. The number of nitriles is 1.